The maximum Gasteiger partial charge on any atom is 0.315 e. The molecule has 116 valence electrons. The van der Waals surface area contributed by atoms with Crippen molar-refractivity contribution in [3.8, 4) is 0 Å². The molecule has 3 N–H and O–H groups in total. The quantitative estimate of drug-likeness (QED) is 0.713. The third-order valence-corrected chi connectivity index (χ3v) is 4.41. The molecule has 0 unspecified atom stereocenters. The zero-order valence-electron chi connectivity index (χ0n) is 12.8. The van der Waals surface area contributed by atoms with E-state index in [-0.39, 0.29) is 12.1 Å². The second-order valence-electron chi connectivity index (χ2n) is 6.87. The molecule has 2 rings (SSSR count). The second-order valence-corrected chi connectivity index (χ2v) is 6.87. The average molecular weight is 283 g/mol. The van der Waals surface area contributed by atoms with Gasteiger partial charge in [-0.05, 0) is 38.0 Å². The minimum Gasteiger partial charge on any atom is -0.388 e. The van der Waals surface area contributed by atoms with Crippen LogP contribution in [0.5, 0.6) is 0 Å². The predicted molar refractivity (Wildman–Crippen MR) is 79.6 cm³/mol. The molecule has 1 heterocycles. The van der Waals surface area contributed by atoms with E-state index in [2.05, 4.69) is 29.4 Å². The summed E-state index contributed by atoms with van der Waals surface area (Å²) in [7, 11) is 0. The van der Waals surface area contributed by atoms with Gasteiger partial charge >= 0.3 is 6.03 Å². The topological polar surface area (TPSA) is 64.6 Å². The first-order valence-electron chi connectivity index (χ1n) is 7.96. The number of hydrogen-bond donors (Lipinski definition) is 3. The van der Waals surface area contributed by atoms with Crippen molar-refractivity contribution in [1.82, 2.24) is 15.5 Å². The molecule has 0 radical (unpaired) electrons. The summed E-state index contributed by atoms with van der Waals surface area (Å²) in [6.45, 7) is 8.13. The number of carbonyl (C=O) groups excluding carboxylic acids is 1. The van der Waals surface area contributed by atoms with Crippen LogP contribution >= 0.6 is 0 Å². The van der Waals surface area contributed by atoms with Crippen LogP contribution in [0.2, 0.25) is 0 Å². The molecule has 2 fully saturated rings. The van der Waals surface area contributed by atoms with E-state index in [0.29, 0.717) is 12.5 Å². The van der Waals surface area contributed by atoms with Crippen molar-refractivity contribution in [2.24, 2.45) is 5.92 Å². The summed E-state index contributed by atoms with van der Waals surface area (Å²) in [5.41, 5.74) is -0.641. The van der Waals surface area contributed by atoms with Crippen LogP contribution in [0.15, 0.2) is 0 Å². The largest absolute Gasteiger partial charge is 0.388 e. The highest BCUT2D eigenvalue weighted by Gasteiger charge is 2.34. The molecule has 2 amide bonds. The molecule has 2 aliphatic rings. The lowest BCUT2D eigenvalue weighted by molar-refractivity contribution is -0.0290. The van der Waals surface area contributed by atoms with Crippen LogP contribution in [0.25, 0.3) is 0 Å². The van der Waals surface area contributed by atoms with Gasteiger partial charge in [0.25, 0.3) is 0 Å². The molecule has 1 saturated heterocycles. The number of piperidine rings is 1. The molecule has 0 aromatic heterocycles. The first kappa shape index (κ1) is 15.6. The Labute approximate surface area is 122 Å². The van der Waals surface area contributed by atoms with Crippen LogP contribution in [0.3, 0.4) is 0 Å². The average Bonchev–Trinajstić information content (AvgIpc) is 2.36. The molecule has 0 aromatic carbocycles. The van der Waals surface area contributed by atoms with Crippen LogP contribution < -0.4 is 10.6 Å². The van der Waals surface area contributed by atoms with Crippen molar-refractivity contribution in [2.75, 3.05) is 26.2 Å². The van der Waals surface area contributed by atoms with Gasteiger partial charge in [-0.15, -0.1) is 0 Å². The SMILES string of the molecule is CC(C)CN1CCC(NC(=O)NCC2(O)CCC2)CC1. The van der Waals surface area contributed by atoms with Gasteiger partial charge in [-0.2, -0.15) is 0 Å². The normalized spacial score (nSPS) is 23.4. The lowest BCUT2D eigenvalue weighted by Gasteiger charge is -2.37. The van der Waals surface area contributed by atoms with Gasteiger partial charge in [-0.3, -0.25) is 0 Å². The van der Waals surface area contributed by atoms with Crippen molar-refractivity contribution in [3.05, 3.63) is 0 Å². The van der Waals surface area contributed by atoms with E-state index < -0.39 is 5.60 Å². The Hall–Kier alpha value is -0.810. The van der Waals surface area contributed by atoms with Crippen molar-refractivity contribution in [2.45, 2.75) is 57.6 Å². The summed E-state index contributed by atoms with van der Waals surface area (Å²) in [6, 6.07) is 0.141. The summed E-state index contributed by atoms with van der Waals surface area (Å²) in [6.07, 6.45) is 4.71. The monoisotopic (exact) mass is 283 g/mol. The number of amides is 2. The summed E-state index contributed by atoms with van der Waals surface area (Å²) in [5, 5.41) is 15.8. The molecule has 0 aromatic rings. The van der Waals surface area contributed by atoms with Gasteiger partial charge in [0.2, 0.25) is 0 Å². The Morgan fingerprint density at radius 1 is 1.35 bits per heavy atom. The van der Waals surface area contributed by atoms with Gasteiger partial charge in [-0.1, -0.05) is 13.8 Å². The van der Waals surface area contributed by atoms with E-state index in [1.54, 1.807) is 0 Å². The maximum absolute atomic E-state index is 11.8. The lowest BCUT2D eigenvalue weighted by Crippen LogP contribution is -2.53. The fraction of sp³-hybridized carbons (Fsp3) is 0.933. The number of carbonyl (C=O) groups is 1. The molecule has 0 spiro atoms. The van der Waals surface area contributed by atoms with E-state index in [1.165, 1.54) is 0 Å². The first-order chi connectivity index (χ1) is 9.47. The molecule has 1 aliphatic heterocycles. The van der Waals surface area contributed by atoms with Crippen LogP contribution in [-0.4, -0.2) is 53.9 Å². The number of rotatable bonds is 5. The van der Waals surface area contributed by atoms with Gasteiger partial charge < -0.3 is 20.6 Å². The fourth-order valence-corrected chi connectivity index (χ4v) is 3.02. The second kappa shape index (κ2) is 6.76. The zero-order chi connectivity index (χ0) is 14.6. The number of urea groups is 1. The highest BCUT2D eigenvalue weighted by Crippen LogP contribution is 2.30. The summed E-state index contributed by atoms with van der Waals surface area (Å²) >= 11 is 0. The van der Waals surface area contributed by atoms with E-state index in [1.807, 2.05) is 0 Å². The highest BCUT2D eigenvalue weighted by atomic mass is 16.3. The van der Waals surface area contributed by atoms with Crippen molar-refractivity contribution in [3.63, 3.8) is 0 Å². The van der Waals surface area contributed by atoms with E-state index >= 15 is 0 Å². The number of nitrogens with zero attached hydrogens (tertiary/aromatic N) is 1. The Balaban J connectivity index is 1.61. The summed E-state index contributed by atoms with van der Waals surface area (Å²) in [4.78, 5) is 14.3. The number of hydrogen-bond acceptors (Lipinski definition) is 3. The zero-order valence-corrected chi connectivity index (χ0v) is 12.8. The van der Waals surface area contributed by atoms with Crippen LogP contribution in [0.1, 0.15) is 46.0 Å². The van der Waals surface area contributed by atoms with Gasteiger partial charge in [0.05, 0.1) is 5.60 Å². The molecule has 5 heteroatoms. The molecule has 5 nitrogen and oxygen atoms in total. The maximum atomic E-state index is 11.8. The number of aliphatic hydroxyl groups is 1. The number of likely N-dealkylation sites (tertiary alicyclic amines) is 1. The molecular weight excluding hydrogens is 254 g/mol. The molecule has 1 saturated carbocycles. The highest BCUT2D eigenvalue weighted by molar-refractivity contribution is 5.74. The molecule has 0 bridgehead atoms. The summed E-state index contributed by atoms with van der Waals surface area (Å²) < 4.78 is 0. The Kier molecular flexibility index (Phi) is 5.27. The lowest BCUT2D eigenvalue weighted by atomic mass is 9.80. The summed E-state index contributed by atoms with van der Waals surface area (Å²) in [5.74, 6) is 0.700. The fourth-order valence-electron chi connectivity index (χ4n) is 3.02. The minimum absolute atomic E-state index is 0.132. The third-order valence-electron chi connectivity index (χ3n) is 4.41. The van der Waals surface area contributed by atoms with Crippen molar-refractivity contribution < 1.29 is 9.90 Å². The standard InChI is InChI=1S/C15H29N3O2/c1-12(2)10-18-8-4-13(5-9-18)17-14(19)16-11-15(20)6-3-7-15/h12-13,20H,3-11H2,1-2H3,(H2,16,17,19). The first-order valence-corrected chi connectivity index (χ1v) is 7.96. The number of nitrogens with one attached hydrogen (secondary N) is 2. The molecule has 1 aliphatic carbocycles. The van der Waals surface area contributed by atoms with E-state index in [0.717, 1.165) is 51.7 Å². The van der Waals surface area contributed by atoms with Crippen LogP contribution in [0, 0.1) is 5.92 Å². The minimum atomic E-state index is -0.641. The van der Waals surface area contributed by atoms with Crippen LogP contribution in [0.4, 0.5) is 4.79 Å². The molecule has 0 atom stereocenters. The Bertz CT molecular complexity index is 321. The van der Waals surface area contributed by atoms with Gasteiger partial charge in [0, 0.05) is 32.2 Å². The predicted octanol–water partition coefficient (Wildman–Crippen LogP) is 1.32. The smallest absolute Gasteiger partial charge is 0.315 e. The van der Waals surface area contributed by atoms with Gasteiger partial charge in [0.15, 0.2) is 0 Å². The van der Waals surface area contributed by atoms with Crippen molar-refractivity contribution >= 4 is 6.03 Å². The van der Waals surface area contributed by atoms with E-state index in [9.17, 15) is 9.90 Å². The van der Waals surface area contributed by atoms with Crippen LogP contribution in [-0.2, 0) is 0 Å². The van der Waals surface area contributed by atoms with Gasteiger partial charge in [-0.25, -0.2) is 4.79 Å². The Morgan fingerprint density at radius 3 is 2.50 bits per heavy atom. The van der Waals surface area contributed by atoms with Gasteiger partial charge in [0.1, 0.15) is 0 Å². The Morgan fingerprint density at radius 2 is 2.00 bits per heavy atom. The molecular formula is C15H29N3O2. The third kappa shape index (κ3) is 4.63. The van der Waals surface area contributed by atoms with Crippen molar-refractivity contribution in [1.29, 1.82) is 0 Å². The van der Waals surface area contributed by atoms with E-state index in [4.69, 9.17) is 0 Å². The molecule has 20 heavy (non-hydrogen) atoms.